The number of hydrogen-bond donors (Lipinski definition) is 0. The van der Waals surface area contributed by atoms with Crippen molar-refractivity contribution < 1.29 is 0 Å². The number of anilines is 6. The van der Waals surface area contributed by atoms with Crippen LogP contribution in [-0.4, -0.2) is 0 Å². The Labute approximate surface area is 507 Å². The third-order valence-corrected chi connectivity index (χ3v) is 20.3. The number of aryl methyl sites for hydroxylation is 2. The van der Waals surface area contributed by atoms with Crippen LogP contribution >= 0.6 is 0 Å². The lowest BCUT2D eigenvalue weighted by molar-refractivity contribution is 0.394. The van der Waals surface area contributed by atoms with Crippen LogP contribution < -0.4 is 9.80 Å². The van der Waals surface area contributed by atoms with Crippen LogP contribution in [0.25, 0.3) is 110 Å². The molecule has 0 aliphatic heterocycles. The maximum Gasteiger partial charge on any atom is 0.0468 e. The van der Waals surface area contributed by atoms with Gasteiger partial charge in [0.2, 0.25) is 0 Å². The maximum absolute atomic E-state index is 2.58. The van der Waals surface area contributed by atoms with Gasteiger partial charge in [-0.2, -0.15) is 0 Å². The maximum atomic E-state index is 2.58. The number of nitrogens with zero attached hydrogens (tertiary/aromatic N) is 2. The van der Waals surface area contributed by atoms with E-state index < -0.39 is 0 Å². The summed E-state index contributed by atoms with van der Waals surface area (Å²) in [5, 5.41) is 17.5. The Morgan fingerprint density at radius 2 is 0.851 bits per heavy atom. The Balaban J connectivity index is 0.968. The van der Waals surface area contributed by atoms with E-state index in [0.717, 1.165) is 59.8 Å². The van der Waals surface area contributed by atoms with Crippen LogP contribution in [-0.2, 0) is 18.3 Å². The molecule has 0 aromatic heterocycles. The Morgan fingerprint density at radius 3 is 1.49 bits per heavy atom. The topological polar surface area (TPSA) is 6.48 Å². The van der Waals surface area contributed by atoms with Gasteiger partial charge in [-0.15, -0.1) is 0 Å². The van der Waals surface area contributed by atoms with Gasteiger partial charge >= 0.3 is 0 Å². The van der Waals surface area contributed by atoms with Crippen molar-refractivity contribution in [3.8, 4) is 22.3 Å². The van der Waals surface area contributed by atoms with Crippen LogP contribution in [0.4, 0.5) is 34.1 Å². The van der Waals surface area contributed by atoms with Crippen molar-refractivity contribution in [1.82, 2.24) is 0 Å². The summed E-state index contributed by atoms with van der Waals surface area (Å²) in [6.45, 7) is 4.93. The highest BCUT2D eigenvalue weighted by atomic mass is 15.1. The summed E-state index contributed by atoms with van der Waals surface area (Å²) in [5.74, 6) is 0.727. The quantitative estimate of drug-likeness (QED) is 0.111. The Hall–Kier alpha value is -10.3. The van der Waals surface area contributed by atoms with Gasteiger partial charge in [0.15, 0.2) is 0 Å². The fraction of sp³-hybridized carbons (Fsp3) is 0.106. The first-order valence-corrected chi connectivity index (χ1v) is 31.2. The SMILES string of the molecule is CC1(C)c2cc(-c3c4cc(N(c5ccc6c(c5)C=CCC6)c5ccc6ccccc6c5)ccc4c(-c4ccc5ccc6cccc7ccc4c5c67)c4cc(N(c5ccc6c(c5)C=CCC6)c5ccc6ccccc6c5)ccc34)ccc2C2C=CC=CC21. The molecule has 0 saturated carbocycles. The van der Waals surface area contributed by atoms with Gasteiger partial charge in [-0.05, 0) is 241 Å². The summed E-state index contributed by atoms with van der Waals surface area (Å²) >= 11 is 0. The molecular weight excluding hydrogens is 1050 g/mol. The summed E-state index contributed by atoms with van der Waals surface area (Å²) < 4.78 is 0. The first-order chi connectivity index (χ1) is 42.9. The van der Waals surface area contributed by atoms with Crippen LogP contribution in [0.15, 0.2) is 267 Å². The van der Waals surface area contributed by atoms with Crippen LogP contribution in [0.1, 0.15) is 66.0 Å². The number of benzene rings is 14. The van der Waals surface area contributed by atoms with Gasteiger partial charge < -0.3 is 9.80 Å². The van der Waals surface area contributed by atoms with E-state index in [-0.39, 0.29) is 5.41 Å². The molecule has 4 aliphatic carbocycles. The molecular formula is C85H62N2. The molecule has 0 spiro atoms. The van der Waals surface area contributed by atoms with E-state index in [1.807, 2.05) is 0 Å². The van der Waals surface area contributed by atoms with E-state index in [1.165, 1.54) is 131 Å². The predicted molar refractivity (Wildman–Crippen MR) is 373 cm³/mol. The molecule has 0 bridgehead atoms. The average molecular weight is 1110 g/mol. The van der Waals surface area contributed by atoms with E-state index in [2.05, 4.69) is 303 Å². The number of hydrogen-bond acceptors (Lipinski definition) is 2. The standard InChI is InChI=1S/C85H62N2/c1-85(2)79-25-12-11-24-71(79)72-41-34-64(50-80(72)85)82-75-44-39-70(87(67-37-30-55-16-5-9-20-62(55)48-67)68-38-31-56-17-6-10-21-63(56)49-68)52-78(75)84(74-43-33-59-27-26-57-22-13-23-58-32-42-73(74)83(59)81(57)58)76-45-40-69(51-77(76)82)86(65-35-28-53-14-3-7-18-60(53)46-65)66-36-29-54-15-4-8-19-61(54)47-66/h3,5,7-14,16,18-52,71,79H,4,6,15,17H2,1-2H3. The molecule has 18 rings (SSSR count). The molecule has 0 radical (unpaired) electrons. The fourth-order valence-corrected chi connectivity index (χ4v) is 16.0. The summed E-state index contributed by atoms with van der Waals surface area (Å²) in [4.78, 5) is 5.01. The van der Waals surface area contributed by atoms with Crippen molar-refractivity contribution in [2.75, 3.05) is 9.80 Å². The highest BCUT2D eigenvalue weighted by Gasteiger charge is 2.44. The Bertz CT molecular complexity index is 5340. The summed E-state index contributed by atoms with van der Waals surface area (Å²) in [6, 6.07) is 89.0. The molecule has 0 fully saturated rings. The van der Waals surface area contributed by atoms with Gasteiger partial charge in [0.25, 0.3) is 0 Å². The average Bonchev–Trinajstić information content (AvgIpc) is 2.03. The lowest BCUT2D eigenvalue weighted by atomic mass is 9.74. The molecule has 2 heteroatoms. The molecule has 14 aromatic rings. The first-order valence-electron chi connectivity index (χ1n) is 31.2. The van der Waals surface area contributed by atoms with Crippen molar-refractivity contribution in [3.63, 3.8) is 0 Å². The van der Waals surface area contributed by atoms with E-state index in [9.17, 15) is 0 Å². The van der Waals surface area contributed by atoms with Crippen molar-refractivity contribution in [2.45, 2.75) is 50.9 Å². The molecule has 412 valence electrons. The van der Waals surface area contributed by atoms with Crippen LogP contribution in [0.3, 0.4) is 0 Å². The molecule has 87 heavy (non-hydrogen) atoms. The van der Waals surface area contributed by atoms with Gasteiger partial charge in [-0.3, -0.25) is 0 Å². The van der Waals surface area contributed by atoms with E-state index in [4.69, 9.17) is 0 Å². The molecule has 4 aliphatic rings. The fourth-order valence-electron chi connectivity index (χ4n) is 16.0. The van der Waals surface area contributed by atoms with Gasteiger partial charge in [0.1, 0.15) is 0 Å². The van der Waals surface area contributed by atoms with Crippen LogP contribution in [0, 0.1) is 5.92 Å². The molecule has 2 unspecified atom stereocenters. The molecule has 2 nitrogen and oxygen atoms in total. The predicted octanol–water partition coefficient (Wildman–Crippen LogP) is 23.5. The smallest absolute Gasteiger partial charge is 0.0468 e. The van der Waals surface area contributed by atoms with Crippen molar-refractivity contribution in [3.05, 3.63) is 300 Å². The summed E-state index contributed by atoms with van der Waals surface area (Å²) in [7, 11) is 0. The highest BCUT2D eigenvalue weighted by molar-refractivity contribution is 6.30. The minimum atomic E-state index is -0.0823. The van der Waals surface area contributed by atoms with Gasteiger partial charge in [0.05, 0.1) is 0 Å². The van der Waals surface area contributed by atoms with Gasteiger partial charge in [0, 0.05) is 40.0 Å². The van der Waals surface area contributed by atoms with Crippen molar-refractivity contribution >= 4 is 122 Å². The largest absolute Gasteiger partial charge is 0.310 e. The molecule has 0 heterocycles. The van der Waals surface area contributed by atoms with Crippen molar-refractivity contribution in [2.24, 2.45) is 5.92 Å². The number of rotatable bonds is 8. The first kappa shape index (κ1) is 50.1. The minimum Gasteiger partial charge on any atom is -0.310 e. The molecule has 14 aromatic carbocycles. The second-order valence-corrected chi connectivity index (χ2v) is 25.4. The van der Waals surface area contributed by atoms with Crippen molar-refractivity contribution in [1.29, 1.82) is 0 Å². The summed E-state index contributed by atoms with van der Waals surface area (Å²) in [5.41, 5.74) is 19.9. The molecule has 2 atom stereocenters. The normalized spacial score (nSPS) is 16.3. The van der Waals surface area contributed by atoms with E-state index in [1.54, 1.807) is 0 Å². The minimum absolute atomic E-state index is 0.0823. The zero-order chi connectivity index (χ0) is 57.5. The second-order valence-electron chi connectivity index (χ2n) is 25.4. The highest BCUT2D eigenvalue weighted by Crippen LogP contribution is 2.56. The molecule has 0 N–H and O–H groups in total. The lowest BCUT2D eigenvalue weighted by Crippen LogP contribution is -2.24. The molecule has 0 saturated heterocycles. The summed E-state index contributed by atoms with van der Waals surface area (Å²) in [6.07, 6.45) is 22.9. The van der Waals surface area contributed by atoms with Crippen LogP contribution in [0.5, 0.6) is 0 Å². The zero-order valence-corrected chi connectivity index (χ0v) is 48.9. The number of fused-ring (bicyclic) bond motifs is 9. The van der Waals surface area contributed by atoms with E-state index in [0.29, 0.717) is 11.8 Å². The van der Waals surface area contributed by atoms with Gasteiger partial charge in [-0.25, -0.2) is 0 Å². The lowest BCUT2D eigenvalue weighted by Gasteiger charge is -2.30. The van der Waals surface area contributed by atoms with Crippen LogP contribution in [0.2, 0.25) is 0 Å². The van der Waals surface area contributed by atoms with E-state index >= 15 is 0 Å². The third-order valence-electron chi connectivity index (χ3n) is 20.3. The van der Waals surface area contributed by atoms with Gasteiger partial charge in [-0.1, -0.05) is 220 Å². The molecule has 0 amide bonds. The monoisotopic (exact) mass is 1110 g/mol. The Kier molecular flexibility index (Phi) is 11.2. The second kappa shape index (κ2) is 19.4. The number of allylic oxidation sites excluding steroid dienone is 6. The zero-order valence-electron chi connectivity index (χ0n) is 48.9. The Morgan fingerprint density at radius 1 is 0.368 bits per heavy atom. The third kappa shape index (κ3) is 7.87.